The molecule has 0 unspecified atom stereocenters. The molecule has 0 amide bonds. The van der Waals surface area contributed by atoms with Gasteiger partial charge in [0.2, 0.25) is 5.89 Å². The third kappa shape index (κ3) is 5.24. The smallest absolute Gasteiger partial charge is 0.227 e. The third-order valence-electron chi connectivity index (χ3n) is 8.80. The second-order valence-corrected chi connectivity index (χ2v) is 11.8. The van der Waals surface area contributed by atoms with Crippen molar-refractivity contribution in [3.63, 3.8) is 0 Å². The van der Waals surface area contributed by atoms with E-state index in [1.54, 1.807) is 0 Å². The summed E-state index contributed by atoms with van der Waals surface area (Å²) in [5.74, 6) is 2.41. The molecule has 0 aliphatic heterocycles. The Morgan fingerprint density at radius 2 is 0.837 bits per heavy atom. The van der Waals surface area contributed by atoms with Crippen molar-refractivity contribution < 1.29 is 4.42 Å². The van der Waals surface area contributed by atoms with Gasteiger partial charge in [0.1, 0.15) is 5.52 Å². The van der Waals surface area contributed by atoms with Gasteiger partial charge >= 0.3 is 0 Å². The van der Waals surface area contributed by atoms with Crippen molar-refractivity contribution in [3.8, 4) is 67.9 Å². The van der Waals surface area contributed by atoms with Crippen LogP contribution in [0.5, 0.6) is 0 Å². The monoisotopic (exact) mass is 628 g/mol. The number of rotatable bonds is 6. The summed E-state index contributed by atoms with van der Waals surface area (Å²) in [6, 6.07) is 57.5. The molecule has 5 nitrogen and oxygen atoms in total. The van der Waals surface area contributed by atoms with Crippen molar-refractivity contribution in [2.24, 2.45) is 0 Å². The standard InChI is InChI=1S/C44H28N4O/c1-4-15-29(16-5-1)33-22-10-12-24-36(33)42-46-41(31-17-6-2-7-18-31)47-43(48-42)37-25-13-11-23-34(37)35-26-14-21-30-27-28-38-40(39(30)35)49-44(45-38)32-19-8-3-9-20-32/h1-28H. The molecule has 0 fully saturated rings. The van der Waals surface area contributed by atoms with Crippen molar-refractivity contribution in [3.05, 3.63) is 170 Å². The fourth-order valence-electron chi connectivity index (χ4n) is 6.48. The summed E-state index contributed by atoms with van der Waals surface area (Å²) in [5, 5.41) is 2.06. The van der Waals surface area contributed by atoms with Gasteiger partial charge in [0, 0.05) is 27.6 Å². The molecule has 7 aromatic carbocycles. The molecule has 9 rings (SSSR count). The van der Waals surface area contributed by atoms with Crippen LogP contribution in [0, 0.1) is 0 Å². The largest absolute Gasteiger partial charge is 0.435 e. The lowest BCUT2D eigenvalue weighted by atomic mass is 9.93. The average Bonchev–Trinajstić information content (AvgIpc) is 3.64. The fraction of sp³-hybridized carbons (Fsp3) is 0. The van der Waals surface area contributed by atoms with Crippen LogP contribution in [0.2, 0.25) is 0 Å². The summed E-state index contributed by atoms with van der Waals surface area (Å²) in [7, 11) is 0. The molecule has 0 bridgehead atoms. The van der Waals surface area contributed by atoms with E-state index in [1.807, 2.05) is 84.9 Å². The van der Waals surface area contributed by atoms with Crippen LogP contribution < -0.4 is 0 Å². The molecule has 0 atom stereocenters. The summed E-state index contributed by atoms with van der Waals surface area (Å²) in [6.07, 6.45) is 0. The number of nitrogens with zero attached hydrogens (tertiary/aromatic N) is 4. The fourth-order valence-corrected chi connectivity index (χ4v) is 6.48. The zero-order valence-electron chi connectivity index (χ0n) is 26.4. The van der Waals surface area contributed by atoms with Gasteiger partial charge in [0.05, 0.1) is 0 Å². The highest BCUT2D eigenvalue weighted by Gasteiger charge is 2.20. The van der Waals surface area contributed by atoms with E-state index < -0.39 is 0 Å². The summed E-state index contributed by atoms with van der Waals surface area (Å²) >= 11 is 0. The van der Waals surface area contributed by atoms with Crippen molar-refractivity contribution >= 4 is 21.9 Å². The Bertz CT molecular complexity index is 2600. The molecule has 0 aliphatic rings. The van der Waals surface area contributed by atoms with E-state index >= 15 is 0 Å². The van der Waals surface area contributed by atoms with Gasteiger partial charge in [0.25, 0.3) is 0 Å². The zero-order valence-corrected chi connectivity index (χ0v) is 26.4. The lowest BCUT2D eigenvalue weighted by Gasteiger charge is -2.15. The Morgan fingerprint density at radius 3 is 1.51 bits per heavy atom. The van der Waals surface area contributed by atoms with E-state index in [4.69, 9.17) is 24.4 Å². The van der Waals surface area contributed by atoms with E-state index in [0.717, 1.165) is 66.4 Å². The van der Waals surface area contributed by atoms with Gasteiger partial charge in [-0.25, -0.2) is 19.9 Å². The molecule has 0 saturated heterocycles. The minimum atomic E-state index is 0.592. The van der Waals surface area contributed by atoms with E-state index in [0.29, 0.717) is 23.4 Å². The molecular formula is C44H28N4O. The summed E-state index contributed by atoms with van der Waals surface area (Å²) in [4.78, 5) is 20.3. The Labute approximate surface area is 283 Å². The highest BCUT2D eigenvalue weighted by molar-refractivity contribution is 6.12. The average molecular weight is 629 g/mol. The summed E-state index contributed by atoms with van der Waals surface area (Å²) in [5.41, 5.74) is 9.42. The second kappa shape index (κ2) is 12.1. The Balaban J connectivity index is 1.27. The van der Waals surface area contributed by atoms with Crippen LogP contribution in [-0.4, -0.2) is 19.9 Å². The normalized spacial score (nSPS) is 11.3. The molecule has 0 spiro atoms. The lowest BCUT2D eigenvalue weighted by Crippen LogP contribution is -2.02. The van der Waals surface area contributed by atoms with Gasteiger partial charge in [-0.05, 0) is 45.8 Å². The quantitative estimate of drug-likeness (QED) is 0.183. The molecule has 9 aromatic rings. The summed E-state index contributed by atoms with van der Waals surface area (Å²) < 4.78 is 6.53. The number of oxazole rings is 1. The first kappa shape index (κ1) is 28.5. The first-order valence-electron chi connectivity index (χ1n) is 16.2. The van der Waals surface area contributed by atoms with Gasteiger partial charge in [-0.15, -0.1) is 0 Å². The Morgan fingerprint density at radius 1 is 0.327 bits per heavy atom. The van der Waals surface area contributed by atoms with Crippen LogP contribution in [0.4, 0.5) is 0 Å². The highest BCUT2D eigenvalue weighted by Crippen LogP contribution is 2.40. The predicted octanol–water partition coefficient (Wildman–Crippen LogP) is 11.2. The summed E-state index contributed by atoms with van der Waals surface area (Å²) in [6.45, 7) is 0. The van der Waals surface area contributed by atoms with Crippen molar-refractivity contribution in [1.29, 1.82) is 0 Å². The maximum atomic E-state index is 6.53. The maximum absolute atomic E-state index is 6.53. The van der Waals surface area contributed by atoms with E-state index in [2.05, 4.69) is 84.9 Å². The highest BCUT2D eigenvalue weighted by atomic mass is 16.3. The number of fused-ring (bicyclic) bond motifs is 3. The van der Waals surface area contributed by atoms with Gasteiger partial charge in [-0.1, -0.05) is 152 Å². The first-order chi connectivity index (χ1) is 24.3. The second-order valence-electron chi connectivity index (χ2n) is 11.8. The molecule has 0 N–H and O–H groups in total. The van der Waals surface area contributed by atoms with E-state index in [-0.39, 0.29) is 0 Å². The van der Waals surface area contributed by atoms with Crippen LogP contribution in [0.15, 0.2) is 174 Å². The van der Waals surface area contributed by atoms with Gasteiger partial charge in [-0.2, -0.15) is 0 Å². The number of benzene rings is 7. The lowest BCUT2D eigenvalue weighted by molar-refractivity contribution is 0.623. The molecular weight excluding hydrogens is 601 g/mol. The van der Waals surface area contributed by atoms with E-state index in [1.165, 1.54) is 0 Å². The third-order valence-corrected chi connectivity index (χ3v) is 8.80. The molecule has 2 heterocycles. The van der Waals surface area contributed by atoms with Gasteiger partial charge in [0.15, 0.2) is 23.1 Å². The molecule has 5 heteroatoms. The Kier molecular flexibility index (Phi) is 7.06. The van der Waals surface area contributed by atoms with Gasteiger partial charge < -0.3 is 4.42 Å². The van der Waals surface area contributed by atoms with Gasteiger partial charge in [-0.3, -0.25) is 0 Å². The van der Waals surface area contributed by atoms with Crippen LogP contribution in [0.1, 0.15) is 0 Å². The molecule has 49 heavy (non-hydrogen) atoms. The topological polar surface area (TPSA) is 64.7 Å². The number of aromatic nitrogens is 4. The first-order valence-corrected chi connectivity index (χ1v) is 16.2. The Hall–Kier alpha value is -6.72. The van der Waals surface area contributed by atoms with E-state index in [9.17, 15) is 0 Å². The predicted molar refractivity (Wildman–Crippen MR) is 198 cm³/mol. The minimum absolute atomic E-state index is 0.592. The molecule has 0 saturated carbocycles. The number of hydrogen-bond acceptors (Lipinski definition) is 5. The number of hydrogen-bond donors (Lipinski definition) is 0. The SMILES string of the molecule is c1ccc(-c2nc(-c3ccccc3-c3ccccc3)nc(-c3ccccc3-c3cccc4ccc5nc(-c6ccccc6)oc5c34)n2)cc1. The molecule has 0 aliphatic carbocycles. The van der Waals surface area contributed by atoms with Crippen molar-refractivity contribution in [2.75, 3.05) is 0 Å². The van der Waals surface area contributed by atoms with Crippen LogP contribution in [0.25, 0.3) is 89.7 Å². The molecule has 230 valence electrons. The molecule has 0 radical (unpaired) electrons. The zero-order chi connectivity index (χ0) is 32.6. The van der Waals surface area contributed by atoms with Crippen molar-refractivity contribution in [1.82, 2.24) is 19.9 Å². The van der Waals surface area contributed by atoms with Crippen LogP contribution >= 0.6 is 0 Å². The van der Waals surface area contributed by atoms with Crippen molar-refractivity contribution in [2.45, 2.75) is 0 Å². The van der Waals surface area contributed by atoms with Crippen LogP contribution in [0.3, 0.4) is 0 Å². The molecule has 2 aromatic heterocycles. The maximum Gasteiger partial charge on any atom is 0.227 e. The minimum Gasteiger partial charge on any atom is -0.435 e. The van der Waals surface area contributed by atoms with Crippen LogP contribution in [-0.2, 0) is 0 Å².